The Bertz CT molecular complexity index is 675. The largest absolute Gasteiger partial charge is 0.478 e. The van der Waals surface area contributed by atoms with Crippen molar-refractivity contribution in [3.05, 3.63) is 64.7 Å². The van der Waals surface area contributed by atoms with E-state index in [1.165, 1.54) is 0 Å². The number of nitriles is 1. The molecule has 0 aliphatic rings. The normalized spacial score (nSPS) is 10.0. The molecule has 0 unspecified atom stereocenters. The maximum Gasteiger partial charge on any atom is 0.336 e. The Balaban J connectivity index is 2.46. The van der Waals surface area contributed by atoms with Gasteiger partial charge in [-0.1, -0.05) is 36.4 Å². The van der Waals surface area contributed by atoms with Crippen LogP contribution in [0.1, 0.15) is 27.0 Å². The van der Waals surface area contributed by atoms with E-state index in [4.69, 9.17) is 10.4 Å². The fraction of sp³-hybridized carbons (Fsp3) is 0.125. The summed E-state index contributed by atoms with van der Waals surface area (Å²) in [6.07, 6.45) is 0.813. The fourth-order valence-electron chi connectivity index (χ4n) is 2.11. The maximum absolute atomic E-state index is 11.1. The molecule has 0 bridgehead atoms. The van der Waals surface area contributed by atoms with Crippen LogP contribution in [0.15, 0.2) is 47.4 Å². The first-order valence-electron chi connectivity index (χ1n) is 6.11. The number of carboxylic acid groups (broad SMARTS) is 1. The molecule has 1 N–H and O–H groups in total. The van der Waals surface area contributed by atoms with E-state index < -0.39 is 5.97 Å². The molecule has 2 aromatic rings. The standard InChI is InChI=1S/C16H13NO2S/c17-9-8-13-12(10-11-4-2-1-3-5-11)6-7-14(15(13)20)16(18)19/h1-7,20H,8,10H2,(H,18,19). The minimum Gasteiger partial charge on any atom is -0.478 e. The van der Waals surface area contributed by atoms with Gasteiger partial charge in [0.05, 0.1) is 18.1 Å². The zero-order valence-electron chi connectivity index (χ0n) is 10.7. The topological polar surface area (TPSA) is 61.1 Å². The van der Waals surface area contributed by atoms with Crippen molar-refractivity contribution in [2.75, 3.05) is 0 Å². The van der Waals surface area contributed by atoms with Crippen LogP contribution in [0.25, 0.3) is 0 Å². The lowest BCUT2D eigenvalue weighted by molar-refractivity contribution is 0.0693. The van der Waals surface area contributed by atoms with E-state index in [0.29, 0.717) is 16.9 Å². The van der Waals surface area contributed by atoms with Gasteiger partial charge in [-0.2, -0.15) is 5.26 Å². The highest BCUT2D eigenvalue weighted by molar-refractivity contribution is 7.80. The molecule has 0 saturated heterocycles. The van der Waals surface area contributed by atoms with E-state index in [0.717, 1.165) is 11.1 Å². The van der Waals surface area contributed by atoms with Gasteiger partial charge in [0, 0.05) is 4.90 Å². The smallest absolute Gasteiger partial charge is 0.336 e. The summed E-state index contributed by atoms with van der Waals surface area (Å²) in [4.78, 5) is 11.5. The molecule has 0 amide bonds. The minimum atomic E-state index is -1.03. The summed E-state index contributed by atoms with van der Waals surface area (Å²) in [6, 6.07) is 15.2. The Morgan fingerprint density at radius 1 is 1.20 bits per heavy atom. The number of aromatic carboxylic acids is 1. The Morgan fingerprint density at radius 2 is 1.90 bits per heavy atom. The molecular weight excluding hydrogens is 270 g/mol. The summed E-state index contributed by atoms with van der Waals surface area (Å²) in [5.41, 5.74) is 2.88. The van der Waals surface area contributed by atoms with Crippen molar-refractivity contribution in [2.24, 2.45) is 0 Å². The maximum atomic E-state index is 11.1. The Labute approximate surface area is 122 Å². The summed E-state index contributed by atoms with van der Waals surface area (Å²) >= 11 is 4.29. The predicted molar refractivity (Wildman–Crippen MR) is 79.2 cm³/mol. The van der Waals surface area contributed by atoms with E-state index in [-0.39, 0.29) is 12.0 Å². The van der Waals surface area contributed by atoms with E-state index in [9.17, 15) is 4.79 Å². The second-order valence-corrected chi connectivity index (χ2v) is 4.85. The van der Waals surface area contributed by atoms with Crippen LogP contribution in [0.2, 0.25) is 0 Å². The number of hydrogen-bond donors (Lipinski definition) is 2. The lowest BCUT2D eigenvalue weighted by atomic mass is 9.96. The van der Waals surface area contributed by atoms with Gasteiger partial charge in [-0.05, 0) is 29.2 Å². The quantitative estimate of drug-likeness (QED) is 0.846. The SMILES string of the molecule is N#CCc1c(Cc2ccccc2)ccc(C(=O)O)c1S. The average Bonchev–Trinajstić information content (AvgIpc) is 2.43. The average molecular weight is 283 g/mol. The van der Waals surface area contributed by atoms with Gasteiger partial charge in [0.15, 0.2) is 0 Å². The summed E-state index contributed by atoms with van der Waals surface area (Å²) in [6.45, 7) is 0. The molecule has 0 aromatic heterocycles. The minimum absolute atomic E-state index is 0.135. The highest BCUT2D eigenvalue weighted by Crippen LogP contribution is 2.25. The van der Waals surface area contributed by atoms with E-state index in [1.807, 2.05) is 30.3 Å². The third-order valence-corrected chi connectivity index (χ3v) is 3.61. The van der Waals surface area contributed by atoms with Crippen molar-refractivity contribution in [3.8, 4) is 6.07 Å². The highest BCUT2D eigenvalue weighted by atomic mass is 32.1. The van der Waals surface area contributed by atoms with E-state index in [2.05, 4.69) is 18.7 Å². The highest BCUT2D eigenvalue weighted by Gasteiger charge is 2.15. The zero-order valence-corrected chi connectivity index (χ0v) is 11.6. The molecule has 0 fully saturated rings. The number of carboxylic acids is 1. The molecule has 0 saturated carbocycles. The summed E-state index contributed by atoms with van der Waals surface area (Å²) in [7, 11) is 0. The number of thiol groups is 1. The van der Waals surface area contributed by atoms with Crippen LogP contribution in [0.4, 0.5) is 0 Å². The van der Waals surface area contributed by atoms with Crippen molar-refractivity contribution in [1.82, 2.24) is 0 Å². The Kier molecular flexibility index (Phi) is 4.44. The third-order valence-electron chi connectivity index (χ3n) is 3.10. The van der Waals surface area contributed by atoms with Crippen LogP contribution in [-0.4, -0.2) is 11.1 Å². The van der Waals surface area contributed by atoms with Gasteiger partial charge in [-0.15, -0.1) is 12.6 Å². The van der Waals surface area contributed by atoms with Crippen LogP contribution in [-0.2, 0) is 12.8 Å². The zero-order chi connectivity index (χ0) is 14.5. The second kappa shape index (κ2) is 6.27. The molecule has 100 valence electrons. The van der Waals surface area contributed by atoms with Crippen molar-refractivity contribution in [2.45, 2.75) is 17.7 Å². The molecule has 0 spiro atoms. The lowest BCUT2D eigenvalue weighted by Crippen LogP contribution is -2.04. The molecule has 20 heavy (non-hydrogen) atoms. The summed E-state index contributed by atoms with van der Waals surface area (Å²) in [5.74, 6) is -1.03. The summed E-state index contributed by atoms with van der Waals surface area (Å²) < 4.78 is 0. The van der Waals surface area contributed by atoms with Crippen molar-refractivity contribution in [1.29, 1.82) is 5.26 Å². The molecule has 2 rings (SSSR count). The molecule has 3 nitrogen and oxygen atoms in total. The van der Waals surface area contributed by atoms with Gasteiger partial charge < -0.3 is 5.11 Å². The van der Waals surface area contributed by atoms with Gasteiger partial charge in [0.2, 0.25) is 0 Å². The molecular formula is C16H13NO2S. The van der Waals surface area contributed by atoms with Crippen LogP contribution in [0, 0.1) is 11.3 Å². The molecule has 0 atom stereocenters. The van der Waals surface area contributed by atoms with E-state index in [1.54, 1.807) is 12.1 Å². The number of benzene rings is 2. The first-order valence-corrected chi connectivity index (χ1v) is 6.56. The summed E-state index contributed by atoms with van der Waals surface area (Å²) in [5, 5.41) is 18.0. The van der Waals surface area contributed by atoms with Gasteiger partial charge in [-0.25, -0.2) is 4.79 Å². The number of rotatable bonds is 4. The van der Waals surface area contributed by atoms with Crippen LogP contribution < -0.4 is 0 Å². The van der Waals surface area contributed by atoms with Crippen molar-refractivity contribution in [3.63, 3.8) is 0 Å². The van der Waals surface area contributed by atoms with Crippen LogP contribution >= 0.6 is 12.6 Å². The van der Waals surface area contributed by atoms with E-state index >= 15 is 0 Å². The number of carbonyl (C=O) groups is 1. The first-order chi connectivity index (χ1) is 9.63. The molecule has 0 heterocycles. The second-order valence-electron chi connectivity index (χ2n) is 4.40. The number of nitrogens with zero attached hydrogens (tertiary/aromatic N) is 1. The predicted octanol–water partition coefficient (Wildman–Crippen LogP) is 3.33. The molecule has 0 aliphatic heterocycles. The molecule has 0 aliphatic carbocycles. The first kappa shape index (κ1) is 14.2. The van der Waals surface area contributed by atoms with Crippen LogP contribution in [0.3, 0.4) is 0 Å². The monoisotopic (exact) mass is 283 g/mol. The lowest BCUT2D eigenvalue weighted by Gasteiger charge is -2.12. The van der Waals surface area contributed by atoms with Gasteiger partial charge >= 0.3 is 5.97 Å². The van der Waals surface area contributed by atoms with Gasteiger partial charge in [0.1, 0.15) is 0 Å². The molecule has 2 aromatic carbocycles. The Morgan fingerprint density at radius 3 is 2.50 bits per heavy atom. The molecule has 4 heteroatoms. The van der Waals surface area contributed by atoms with Gasteiger partial charge in [-0.3, -0.25) is 0 Å². The van der Waals surface area contributed by atoms with Crippen molar-refractivity contribution < 1.29 is 9.90 Å². The number of hydrogen-bond acceptors (Lipinski definition) is 3. The molecule has 0 radical (unpaired) electrons. The third kappa shape index (κ3) is 3.01. The Hall–Kier alpha value is -2.25. The van der Waals surface area contributed by atoms with Gasteiger partial charge in [0.25, 0.3) is 0 Å². The van der Waals surface area contributed by atoms with Crippen molar-refractivity contribution >= 4 is 18.6 Å². The fourth-order valence-corrected chi connectivity index (χ4v) is 2.50. The van der Waals surface area contributed by atoms with Crippen LogP contribution in [0.5, 0.6) is 0 Å².